The van der Waals surface area contributed by atoms with Crippen molar-refractivity contribution in [2.24, 2.45) is 0 Å². The molecule has 28 heavy (non-hydrogen) atoms. The lowest BCUT2D eigenvalue weighted by Crippen LogP contribution is -2.05. The second-order valence-corrected chi connectivity index (χ2v) is 7.95. The molecule has 1 heterocycles. The Hall–Kier alpha value is -2.88. The average molecular weight is 414 g/mol. The molecule has 10 heteroatoms. The quantitative estimate of drug-likeness (QED) is 0.603. The standard InChI is InChI=1S/C18H14F4N2O3S/c1-27-15-8-5-12(9-14(15)19)24-10-16(18(20,21)22)23-17(24)11-3-6-13(7-4-11)28(2,25)26/h3-10H,1-2H3. The van der Waals surface area contributed by atoms with Gasteiger partial charge in [0, 0.05) is 24.1 Å². The average Bonchev–Trinajstić information content (AvgIpc) is 3.07. The predicted octanol–water partition coefficient (Wildman–Crippen LogP) is 4.11. The molecule has 0 unspecified atom stereocenters. The molecule has 2 aromatic carbocycles. The number of alkyl halides is 3. The van der Waals surface area contributed by atoms with E-state index in [0.29, 0.717) is 0 Å². The van der Waals surface area contributed by atoms with Crippen LogP contribution in [0.1, 0.15) is 5.69 Å². The summed E-state index contributed by atoms with van der Waals surface area (Å²) in [6, 6.07) is 8.92. The molecule has 5 nitrogen and oxygen atoms in total. The molecule has 148 valence electrons. The summed E-state index contributed by atoms with van der Waals surface area (Å²) < 4.78 is 82.7. The summed E-state index contributed by atoms with van der Waals surface area (Å²) in [5.74, 6) is -0.920. The predicted molar refractivity (Wildman–Crippen MR) is 93.6 cm³/mol. The number of ether oxygens (including phenoxy) is 1. The zero-order valence-corrected chi connectivity index (χ0v) is 15.5. The van der Waals surface area contributed by atoms with Gasteiger partial charge < -0.3 is 4.74 Å². The highest BCUT2D eigenvalue weighted by Gasteiger charge is 2.35. The van der Waals surface area contributed by atoms with Crippen molar-refractivity contribution >= 4 is 9.84 Å². The van der Waals surface area contributed by atoms with Crippen LogP contribution in [-0.4, -0.2) is 31.3 Å². The van der Waals surface area contributed by atoms with Crippen molar-refractivity contribution in [3.05, 3.63) is 60.2 Å². The number of methoxy groups -OCH3 is 1. The van der Waals surface area contributed by atoms with Crippen molar-refractivity contribution in [1.82, 2.24) is 9.55 Å². The van der Waals surface area contributed by atoms with Gasteiger partial charge in [-0.3, -0.25) is 4.57 Å². The Balaban J connectivity index is 2.18. The van der Waals surface area contributed by atoms with E-state index in [4.69, 9.17) is 4.74 Å². The maximum absolute atomic E-state index is 14.0. The van der Waals surface area contributed by atoms with E-state index in [-0.39, 0.29) is 27.7 Å². The highest BCUT2D eigenvalue weighted by Crippen LogP contribution is 2.33. The maximum Gasteiger partial charge on any atom is 0.434 e. The van der Waals surface area contributed by atoms with Crippen LogP contribution in [-0.2, 0) is 16.0 Å². The summed E-state index contributed by atoms with van der Waals surface area (Å²) in [5.41, 5.74) is -0.825. The van der Waals surface area contributed by atoms with E-state index >= 15 is 0 Å². The van der Waals surface area contributed by atoms with Crippen molar-refractivity contribution in [3.63, 3.8) is 0 Å². The monoisotopic (exact) mass is 414 g/mol. The van der Waals surface area contributed by atoms with E-state index < -0.39 is 27.5 Å². The fraction of sp³-hybridized carbons (Fsp3) is 0.167. The second kappa shape index (κ2) is 6.93. The Morgan fingerprint density at radius 2 is 1.71 bits per heavy atom. The molecular formula is C18H14F4N2O3S. The van der Waals surface area contributed by atoms with Crippen LogP contribution in [0.15, 0.2) is 53.6 Å². The van der Waals surface area contributed by atoms with Crippen LogP contribution in [0.4, 0.5) is 17.6 Å². The number of rotatable bonds is 4. The SMILES string of the molecule is COc1ccc(-n2cc(C(F)(F)F)nc2-c2ccc(S(C)(=O)=O)cc2)cc1F. The minimum absolute atomic E-state index is 0.0147. The number of aromatic nitrogens is 2. The third-order valence-corrected chi connectivity index (χ3v) is 5.08. The molecule has 0 aliphatic carbocycles. The first kappa shape index (κ1) is 19.9. The number of benzene rings is 2. The van der Waals surface area contributed by atoms with E-state index in [1.165, 1.54) is 43.5 Å². The second-order valence-electron chi connectivity index (χ2n) is 5.93. The van der Waals surface area contributed by atoms with Crippen molar-refractivity contribution in [2.75, 3.05) is 13.4 Å². The van der Waals surface area contributed by atoms with Gasteiger partial charge in [0.2, 0.25) is 0 Å². The van der Waals surface area contributed by atoms with Gasteiger partial charge in [-0.1, -0.05) is 0 Å². The molecule has 0 aliphatic heterocycles. The lowest BCUT2D eigenvalue weighted by molar-refractivity contribution is -0.140. The molecule has 0 saturated heterocycles. The van der Waals surface area contributed by atoms with Crippen LogP contribution in [0.5, 0.6) is 5.75 Å². The fourth-order valence-corrected chi connectivity index (χ4v) is 3.20. The van der Waals surface area contributed by atoms with Gasteiger partial charge in [0.15, 0.2) is 27.1 Å². The van der Waals surface area contributed by atoms with Crippen molar-refractivity contribution in [2.45, 2.75) is 11.1 Å². The number of hydrogen-bond donors (Lipinski definition) is 0. The largest absolute Gasteiger partial charge is 0.494 e. The Morgan fingerprint density at radius 3 is 2.21 bits per heavy atom. The van der Waals surface area contributed by atoms with E-state index in [0.717, 1.165) is 23.1 Å². The van der Waals surface area contributed by atoms with E-state index in [9.17, 15) is 26.0 Å². The number of nitrogens with zero attached hydrogens (tertiary/aromatic N) is 2. The van der Waals surface area contributed by atoms with Gasteiger partial charge in [0.05, 0.1) is 17.7 Å². The van der Waals surface area contributed by atoms with E-state index in [1.54, 1.807) is 0 Å². The Morgan fingerprint density at radius 1 is 1.07 bits per heavy atom. The molecule has 0 atom stereocenters. The highest BCUT2D eigenvalue weighted by atomic mass is 32.2. The van der Waals surface area contributed by atoms with Gasteiger partial charge in [-0.15, -0.1) is 0 Å². The minimum atomic E-state index is -4.71. The third kappa shape index (κ3) is 3.86. The number of sulfone groups is 1. The third-order valence-electron chi connectivity index (χ3n) is 3.95. The van der Waals surface area contributed by atoms with E-state index in [1.807, 2.05) is 0 Å². The molecule has 0 N–H and O–H groups in total. The first-order valence-electron chi connectivity index (χ1n) is 7.81. The molecule has 3 rings (SSSR count). The van der Waals surface area contributed by atoms with Crippen LogP contribution in [0.25, 0.3) is 17.1 Å². The van der Waals surface area contributed by atoms with Gasteiger partial charge in [-0.05, 0) is 36.4 Å². The first-order valence-corrected chi connectivity index (χ1v) is 9.71. The Kier molecular flexibility index (Phi) is 4.92. The van der Waals surface area contributed by atoms with Crippen molar-refractivity contribution in [1.29, 1.82) is 0 Å². The van der Waals surface area contributed by atoms with Gasteiger partial charge in [0.1, 0.15) is 5.82 Å². The molecule has 0 bridgehead atoms. The summed E-state index contributed by atoms with van der Waals surface area (Å²) in [6.07, 6.45) is -2.94. The van der Waals surface area contributed by atoms with Gasteiger partial charge in [-0.25, -0.2) is 17.8 Å². The van der Waals surface area contributed by atoms with Gasteiger partial charge >= 0.3 is 6.18 Å². The van der Waals surface area contributed by atoms with Crippen LogP contribution in [0.2, 0.25) is 0 Å². The Bertz CT molecular complexity index is 1120. The van der Waals surface area contributed by atoms with E-state index in [2.05, 4.69) is 4.98 Å². The van der Waals surface area contributed by atoms with Crippen LogP contribution in [0, 0.1) is 5.82 Å². The summed E-state index contributed by atoms with van der Waals surface area (Å²) >= 11 is 0. The zero-order chi connectivity index (χ0) is 20.7. The smallest absolute Gasteiger partial charge is 0.434 e. The van der Waals surface area contributed by atoms with Crippen LogP contribution < -0.4 is 4.74 Å². The minimum Gasteiger partial charge on any atom is -0.494 e. The highest BCUT2D eigenvalue weighted by molar-refractivity contribution is 7.90. The number of imidazole rings is 1. The molecule has 0 amide bonds. The number of halogens is 4. The molecule has 0 saturated carbocycles. The number of hydrogen-bond acceptors (Lipinski definition) is 4. The molecule has 0 radical (unpaired) electrons. The lowest BCUT2D eigenvalue weighted by Gasteiger charge is -2.10. The molecule has 0 spiro atoms. The molecule has 1 aromatic heterocycles. The van der Waals surface area contributed by atoms with Crippen LogP contribution in [0.3, 0.4) is 0 Å². The lowest BCUT2D eigenvalue weighted by atomic mass is 10.2. The van der Waals surface area contributed by atoms with Crippen molar-refractivity contribution in [3.8, 4) is 22.8 Å². The maximum atomic E-state index is 14.0. The summed E-state index contributed by atoms with van der Waals surface area (Å²) in [4.78, 5) is 3.64. The normalized spacial score (nSPS) is 12.2. The molecule has 3 aromatic rings. The summed E-state index contributed by atoms with van der Waals surface area (Å²) in [5, 5.41) is 0. The Labute approximate surface area is 158 Å². The van der Waals surface area contributed by atoms with Gasteiger partial charge in [-0.2, -0.15) is 13.2 Å². The van der Waals surface area contributed by atoms with Crippen molar-refractivity contribution < 1.29 is 30.7 Å². The zero-order valence-electron chi connectivity index (χ0n) is 14.7. The van der Waals surface area contributed by atoms with Crippen LogP contribution >= 0.6 is 0 Å². The topological polar surface area (TPSA) is 61.2 Å². The summed E-state index contributed by atoms with van der Waals surface area (Å²) in [7, 11) is -2.20. The molecule has 0 aliphatic rings. The molecular weight excluding hydrogens is 400 g/mol. The first-order chi connectivity index (χ1) is 13.0. The van der Waals surface area contributed by atoms with Gasteiger partial charge in [0.25, 0.3) is 0 Å². The summed E-state index contributed by atoms with van der Waals surface area (Å²) in [6.45, 7) is 0. The fourth-order valence-electron chi connectivity index (χ4n) is 2.57. The molecule has 0 fully saturated rings.